The second-order valence-corrected chi connectivity index (χ2v) is 3.58. The second kappa shape index (κ2) is 7.02. The van der Waals surface area contributed by atoms with Crippen molar-refractivity contribution in [1.29, 1.82) is 0 Å². The number of nitrogens with one attached hydrogen (secondary N) is 2. The van der Waals surface area contributed by atoms with Crippen LogP contribution in [0.1, 0.15) is 6.42 Å². The lowest BCUT2D eigenvalue weighted by Crippen LogP contribution is -2.32. The third kappa shape index (κ3) is 5.52. The Kier molecular flexibility index (Phi) is 5.58. The third-order valence-electron chi connectivity index (χ3n) is 2.23. The number of hydrogen-bond acceptors (Lipinski definition) is 5. The van der Waals surface area contributed by atoms with Crippen LogP contribution < -0.4 is 16.4 Å². The summed E-state index contributed by atoms with van der Waals surface area (Å²) in [6.07, 6.45) is 0.131. The summed E-state index contributed by atoms with van der Waals surface area (Å²) in [5.41, 5.74) is 4.70. The molecule has 1 aliphatic heterocycles. The van der Waals surface area contributed by atoms with E-state index in [2.05, 4.69) is 15.4 Å². The van der Waals surface area contributed by atoms with Gasteiger partial charge in [-0.05, 0) is 18.9 Å². The Morgan fingerprint density at radius 1 is 1.50 bits per heavy atom. The Hall–Kier alpha value is -1.34. The molecule has 1 rings (SSSR count). The molecule has 92 valence electrons. The molecule has 7 heteroatoms. The summed E-state index contributed by atoms with van der Waals surface area (Å²) in [5, 5.41) is 5.66. The summed E-state index contributed by atoms with van der Waals surface area (Å²) in [4.78, 5) is 21.2. The number of amides is 2. The van der Waals surface area contributed by atoms with E-state index in [9.17, 15) is 9.59 Å². The molecule has 0 aliphatic carbocycles. The molecule has 16 heavy (non-hydrogen) atoms. The first-order valence-corrected chi connectivity index (χ1v) is 5.16. The van der Waals surface area contributed by atoms with Crippen LogP contribution in [0.15, 0.2) is 0 Å². The lowest BCUT2D eigenvalue weighted by Gasteiger charge is -2.10. The average Bonchev–Trinajstić information content (AvgIpc) is 2.74. The maximum Gasteiger partial charge on any atom is 0.405 e. The quantitative estimate of drug-likeness (QED) is 0.393. The molecule has 0 spiro atoms. The molecule has 0 aromatic carbocycles. The zero-order valence-corrected chi connectivity index (χ0v) is 9.03. The molecule has 1 unspecified atom stereocenters. The first kappa shape index (κ1) is 12.7. The van der Waals surface area contributed by atoms with Crippen molar-refractivity contribution < 1.29 is 19.1 Å². The van der Waals surface area contributed by atoms with Crippen molar-refractivity contribution in [3.05, 3.63) is 0 Å². The maximum atomic E-state index is 11.0. The van der Waals surface area contributed by atoms with Crippen molar-refractivity contribution in [2.45, 2.75) is 6.42 Å². The van der Waals surface area contributed by atoms with Gasteiger partial charge in [0.05, 0.1) is 6.61 Å². The van der Waals surface area contributed by atoms with Gasteiger partial charge in [-0.2, -0.15) is 0 Å². The minimum absolute atomic E-state index is 0.122. The third-order valence-corrected chi connectivity index (χ3v) is 2.23. The topological polar surface area (TPSA) is 103 Å². The molecule has 0 saturated carbocycles. The second-order valence-electron chi connectivity index (χ2n) is 3.58. The fraction of sp³-hybridized carbons (Fsp3) is 0.778. The average molecular weight is 231 g/mol. The molecule has 4 N–H and O–H groups in total. The van der Waals surface area contributed by atoms with E-state index in [1.54, 1.807) is 0 Å². The number of carbonyl (C=O) groups excluding carboxylic acids is 2. The highest BCUT2D eigenvalue weighted by molar-refractivity contribution is 5.79. The molecule has 1 saturated heterocycles. The van der Waals surface area contributed by atoms with Crippen LogP contribution in [0.4, 0.5) is 4.79 Å². The molecule has 1 aliphatic rings. The number of rotatable bonds is 6. The monoisotopic (exact) mass is 231 g/mol. The summed E-state index contributed by atoms with van der Waals surface area (Å²) in [6, 6.07) is 0. The molecule has 0 bridgehead atoms. The van der Waals surface area contributed by atoms with Crippen LogP contribution in [0.3, 0.4) is 0 Å². The van der Waals surface area contributed by atoms with Gasteiger partial charge in [0.1, 0.15) is 6.73 Å². The van der Waals surface area contributed by atoms with Crippen molar-refractivity contribution in [3.8, 4) is 0 Å². The standard InChI is InChI=1S/C9H17N3O4/c10-9(14)16-5-8(13)12-6-15-4-7-1-2-11-3-7/h7,11H,1-6H2,(H2,10,14)(H,12,13). The number of ether oxygens (including phenoxy) is 2. The van der Waals surface area contributed by atoms with Crippen molar-refractivity contribution in [2.24, 2.45) is 11.7 Å². The normalized spacial score (nSPS) is 19.4. The fourth-order valence-electron chi connectivity index (χ4n) is 1.40. The molecule has 0 aromatic heterocycles. The van der Waals surface area contributed by atoms with Crippen molar-refractivity contribution >= 4 is 12.0 Å². The smallest absolute Gasteiger partial charge is 0.405 e. The predicted molar refractivity (Wildman–Crippen MR) is 55.5 cm³/mol. The molecular formula is C9H17N3O4. The summed E-state index contributed by atoms with van der Waals surface area (Å²) in [7, 11) is 0. The minimum atomic E-state index is -0.965. The first-order valence-electron chi connectivity index (χ1n) is 5.16. The van der Waals surface area contributed by atoms with Gasteiger partial charge in [-0.15, -0.1) is 0 Å². The Balaban J connectivity index is 1.93. The predicted octanol–water partition coefficient (Wildman–Crippen LogP) is -1.22. The van der Waals surface area contributed by atoms with Crippen LogP contribution in [-0.4, -0.2) is 45.0 Å². The van der Waals surface area contributed by atoms with E-state index in [-0.39, 0.29) is 13.3 Å². The van der Waals surface area contributed by atoms with Gasteiger partial charge in [0.25, 0.3) is 5.91 Å². The molecule has 1 atom stereocenters. The van der Waals surface area contributed by atoms with E-state index in [1.165, 1.54) is 0 Å². The number of primary amides is 1. The van der Waals surface area contributed by atoms with Crippen molar-refractivity contribution in [1.82, 2.24) is 10.6 Å². The molecule has 7 nitrogen and oxygen atoms in total. The van der Waals surface area contributed by atoms with Crippen LogP contribution in [0.2, 0.25) is 0 Å². The Labute approximate surface area is 93.6 Å². The van der Waals surface area contributed by atoms with Gasteiger partial charge in [-0.3, -0.25) is 4.79 Å². The summed E-state index contributed by atoms with van der Waals surface area (Å²) >= 11 is 0. The Morgan fingerprint density at radius 2 is 2.31 bits per heavy atom. The molecule has 0 aromatic rings. The zero-order valence-electron chi connectivity index (χ0n) is 9.03. The number of hydrogen-bond donors (Lipinski definition) is 3. The highest BCUT2D eigenvalue weighted by Crippen LogP contribution is 2.06. The van der Waals surface area contributed by atoms with Crippen LogP contribution in [0.25, 0.3) is 0 Å². The summed E-state index contributed by atoms with van der Waals surface area (Å²) in [6.45, 7) is 2.34. The maximum absolute atomic E-state index is 11.0. The minimum Gasteiger partial charge on any atom is -0.440 e. The van der Waals surface area contributed by atoms with Crippen LogP contribution in [-0.2, 0) is 14.3 Å². The largest absolute Gasteiger partial charge is 0.440 e. The van der Waals surface area contributed by atoms with Crippen molar-refractivity contribution in [2.75, 3.05) is 33.0 Å². The van der Waals surface area contributed by atoms with Gasteiger partial charge in [0, 0.05) is 6.54 Å². The molecule has 2 amide bonds. The van der Waals surface area contributed by atoms with Crippen LogP contribution in [0.5, 0.6) is 0 Å². The number of carbonyl (C=O) groups is 2. The lowest BCUT2D eigenvalue weighted by atomic mass is 10.1. The lowest BCUT2D eigenvalue weighted by molar-refractivity contribution is -0.125. The van der Waals surface area contributed by atoms with Gasteiger partial charge in [0.2, 0.25) is 0 Å². The van der Waals surface area contributed by atoms with Gasteiger partial charge >= 0.3 is 6.09 Å². The SMILES string of the molecule is NC(=O)OCC(=O)NCOCC1CCNC1. The Morgan fingerprint density at radius 3 is 2.94 bits per heavy atom. The van der Waals surface area contributed by atoms with Gasteiger partial charge < -0.3 is 25.8 Å². The Bertz CT molecular complexity index is 241. The first-order chi connectivity index (χ1) is 7.68. The van der Waals surface area contributed by atoms with E-state index in [0.717, 1.165) is 19.5 Å². The van der Waals surface area contributed by atoms with E-state index in [0.29, 0.717) is 12.5 Å². The van der Waals surface area contributed by atoms with Crippen molar-refractivity contribution in [3.63, 3.8) is 0 Å². The van der Waals surface area contributed by atoms with E-state index in [4.69, 9.17) is 10.5 Å². The summed E-state index contributed by atoms with van der Waals surface area (Å²) < 4.78 is 9.55. The molecule has 0 radical (unpaired) electrons. The molecule has 1 fully saturated rings. The van der Waals surface area contributed by atoms with Crippen LogP contribution in [0, 0.1) is 5.92 Å². The van der Waals surface area contributed by atoms with E-state index in [1.807, 2.05) is 0 Å². The number of nitrogens with two attached hydrogens (primary N) is 1. The fourth-order valence-corrected chi connectivity index (χ4v) is 1.40. The highest BCUT2D eigenvalue weighted by atomic mass is 16.5. The van der Waals surface area contributed by atoms with Gasteiger partial charge in [-0.1, -0.05) is 0 Å². The van der Waals surface area contributed by atoms with Gasteiger partial charge in [-0.25, -0.2) is 4.79 Å². The summed E-state index contributed by atoms with van der Waals surface area (Å²) in [5.74, 6) is 0.0853. The highest BCUT2D eigenvalue weighted by Gasteiger charge is 2.14. The van der Waals surface area contributed by atoms with Crippen LogP contribution >= 0.6 is 0 Å². The van der Waals surface area contributed by atoms with E-state index >= 15 is 0 Å². The van der Waals surface area contributed by atoms with Gasteiger partial charge in [0.15, 0.2) is 6.61 Å². The van der Waals surface area contributed by atoms with E-state index < -0.39 is 12.0 Å². The zero-order chi connectivity index (χ0) is 11.8. The molecular weight excluding hydrogens is 214 g/mol. The molecule has 1 heterocycles.